The Hall–Kier alpha value is 0.270. The zero-order chi connectivity index (χ0) is 7.28. The summed E-state index contributed by atoms with van der Waals surface area (Å²) in [5.74, 6) is 0.588. The van der Waals surface area contributed by atoms with Gasteiger partial charge in [0, 0.05) is 5.75 Å². The molecule has 0 aromatic rings. The SMILES string of the molecule is CC(CO)OC(C)C[S]. The zero-order valence-corrected chi connectivity index (χ0v) is 6.65. The number of rotatable bonds is 4. The summed E-state index contributed by atoms with van der Waals surface area (Å²) in [6.07, 6.45) is 0.00472. The lowest BCUT2D eigenvalue weighted by Gasteiger charge is -2.14. The fraction of sp³-hybridized carbons (Fsp3) is 1.00. The second-order valence-corrected chi connectivity index (χ2v) is 2.44. The van der Waals surface area contributed by atoms with Gasteiger partial charge in [0.05, 0.1) is 18.8 Å². The van der Waals surface area contributed by atoms with Gasteiger partial charge in [0.2, 0.25) is 0 Å². The van der Waals surface area contributed by atoms with E-state index in [1.54, 1.807) is 0 Å². The van der Waals surface area contributed by atoms with Crippen LogP contribution in [0.25, 0.3) is 0 Å². The van der Waals surface area contributed by atoms with Crippen LogP contribution in [0.1, 0.15) is 13.8 Å². The zero-order valence-electron chi connectivity index (χ0n) is 5.83. The molecule has 0 aliphatic rings. The Labute approximate surface area is 61.6 Å². The van der Waals surface area contributed by atoms with Gasteiger partial charge in [-0.3, -0.25) is 0 Å². The maximum absolute atomic E-state index is 8.52. The van der Waals surface area contributed by atoms with E-state index in [4.69, 9.17) is 22.5 Å². The van der Waals surface area contributed by atoms with Crippen molar-refractivity contribution in [1.29, 1.82) is 0 Å². The summed E-state index contributed by atoms with van der Waals surface area (Å²) in [5.41, 5.74) is 0. The van der Waals surface area contributed by atoms with E-state index in [1.165, 1.54) is 0 Å². The van der Waals surface area contributed by atoms with Crippen molar-refractivity contribution in [1.82, 2.24) is 0 Å². The van der Waals surface area contributed by atoms with Crippen LogP contribution < -0.4 is 0 Å². The summed E-state index contributed by atoms with van der Waals surface area (Å²) in [7, 11) is 0. The molecule has 0 aliphatic carbocycles. The van der Waals surface area contributed by atoms with E-state index in [0.29, 0.717) is 5.75 Å². The molecule has 0 saturated carbocycles. The van der Waals surface area contributed by atoms with Gasteiger partial charge in [-0.2, -0.15) is 0 Å². The highest BCUT2D eigenvalue weighted by atomic mass is 32.1. The summed E-state index contributed by atoms with van der Waals surface area (Å²) in [6, 6.07) is 0. The smallest absolute Gasteiger partial charge is 0.0781 e. The van der Waals surface area contributed by atoms with Crippen LogP contribution in [0.15, 0.2) is 0 Å². The van der Waals surface area contributed by atoms with E-state index in [0.717, 1.165) is 0 Å². The van der Waals surface area contributed by atoms with Crippen LogP contribution in [-0.4, -0.2) is 29.7 Å². The number of aliphatic hydroxyl groups is 1. The summed E-state index contributed by atoms with van der Waals surface area (Å²) < 4.78 is 5.19. The van der Waals surface area contributed by atoms with Gasteiger partial charge in [-0.25, -0.2) is 0 Å². The third kappa shape index (κ3) is 4.75. The molecule has 2 atom stereocenters. The highest BCUT2D eigenvalue weighted by Crippen LogP contribution is 1.97. The van der Waals surface area contributed by atoms with Crippen molar-refractivity contribution in [2.75, 3.05) is 12.4 Å². The minimum atomic E-state index is -0.0806. The molecule has 0 amide bonds. The van der Waals surface area contributed by atoms with E-state index in [1.807, 2.05) is 13.8 Å². The standard InChI is InChI=1S/C6H13O2S/c1-5(3-7)8-6(2)4-9/h5-7H,3-4H2,1-2H3. The highest BCUT2D eigenvalue weighted by molar-refractivity contribution is 7.80. The van der Waals surface area contributed by atoms with Crippen LogP contribution in [0, 0.1) is 0 Å². The predicted octanol–water partition coefficient (Wildman–Crippen LogP) is 0.970. The molecule has 1 radical (unpaired) electrons. The summed E-state index contributed by atoms with van der Waals surface area (Å²) in [5, 5.41) is 8.52. The average Bonchev–Trinajstić information content (AvgIpc) is 1.87. The van der Waals surface area contributed by atoms with Gasteiger partial charge in [0.25, 0.3) is 0 Å². The largest absolute Gasteiger partial charge is 0.394 e. The molecule has 1 N–H and O–H groups in total. The van der Waals surface area contributed by atoms with E-state index >= 15 is 0 Å². The van der Waals surface area contributed by atoms with Gasteiger partial charge < -0.3 is 9.84 Å². The summed E-state index contributed by atoms with van der Waals surface area (Å²) in [6.45, 7) is 3.79. The van der Waals surface area contributed by atoms with Crippen molar-refractivity contribution in [2.45, 2.75) is 26.1 Å². The van der Waals surface area contributed by atoms with Gasteiger partial charge in [-0.15, -0.1) is 0 Å². The quantitative estimate of drug-likeness (QED) is 0.645. The molecular weight excluding hydrogens is 136 g/mol. The molecule has 2 unspecified atom stereocenters. The van der Waals surface area contributed by atoms with Crippen LogP contribution in [0.2, 0.25) is 0 Å². The Morgan fingerprint density at radius 1 is 1.44 bits per heavy atom. The Morgan fingerprint density at radius 2 is 2.00 bits per heavy atom. The monoisotopic (exact) mass is 149 g/mol. The predicted molar refractivity (Wildman–Crippen MR) is 39.6 cm³/mol. The van der Waals surface area contributed by atoms with Crippen LogP contribution in [0.4, 0.5) is 0 Å². The Bertz CT molecular complexity index is 60.1. The van der Waals surface area contributed by atoms with Crippen LogP contribution in [0.3, 0.4) is 0 Å². The van der Waals surface area contributed by atoms with Gasteiger partial charge in [-0.05, 0) is 13.8 Å². The molecule has 9 heavy (non-hydrogen) atoms. The first-order valence-electron chi connectivity index (χ1n) is 3.05. The molecule has 2 nitrogen and oxygen atoms in total. The summed E-state index contributed by atoms with van der Waals surface area (Å²) >= 11 is 4.73. The van der Waals surface area contributed by atoms with Gasteiger partial charge in [0.15, 0.2) is 0 Å². The van der Waals surface area contributed by atoms with Crippen LogP contribution in [-0.2, 0) is 4.74 Å². The maximum Gasteiger partial charge on any atom is 0.0781 e. The number of hydrogen-bond donors (Lipinski definition) is 1. The van der Waals surface area contributed by atoms with Crippen LogP contribution in [0.5, 0.6) is 0 Å². The number of hydrogen-bond acceptors (Lipinski definition) is 2. The first-order valence-corrected chi connectivity index (χ1v) is 3.62. The molecule has 0 heterocycles. The number of aliphatic hydroxyl groups excluding tert-OH is 1. The van der Waals surface area contributed by atoms with Crippen molar-refractivity contribution in [2.24, 2.45) is 0 Å². The van der Waals surface area contributed by atoms with Crippen molar-refractivity contribution in [3.63, 3.8) is 0 Å². The Kier molecular flexibility index (Phi) is 5.24. The third-order valence-corrected chi connectivity index (χ3v) is 1.43. The highest BCUT2D eigenvalue weighted by Gasteiger charge is 2.04. The molecule has 0 saturated heterocycles. The molecular formula is C6H13O2S. The minimum absolute atomic E-state index is 0.0691. The molecule has 0 aromatic carbocycles. The third-order valence-electron chi connectivity index (χ3n) is 0.956. The van der Waals surface area contributed by atoms with Crippen molar-refractivity contribution in [3.05, 3.63) is 0 Å². The van der Waals surface area contributed by atoms with Gasteiger partial charge in [0.1, 0.15) is 0 Å². The normalized spacial score (nSPS) is 17.3. The molecule has 0 aliphatic heterocycles. The maximum atomic E-state index is 8.52. The van der Waals surface area contributed by atoms with Crippen molar-refractivity contribution in [3.8, 4) is 0 Å². The van der Waals surface area contributed by atoms with Crippen molar-refractivity contribution < 1.29 is 9.84 Å². The van der Waals surface area contributed by atoms with Gasteiger partial charge >= 0.3 is 0 Å². The van der Waals surface area contributed by atoms with E-state index in [2.05, 4.69) is 0 Å². The van der Waals surface area contributed by atoms with E-state index in [9.17, 15) is 0 Å². The van der Waals surface area contributed by atoms with E-state index in [-0.39, 0.29) is 18.8 Å². The second-order valence-electron chi connectivity index (χ2n) is 2.11. The van der Waals surface area contributed by atoms with Crippen LogP contribution >= 0.6 is 12.6 Å². The Morgan fingerprint density at radius 3 is 2.33 bits per heavy atom. The number of ether oxygens (including phenoxy) is 1. The molecule has 55 valence electrons. The lowest BCUT2D eigenvalue weighted by molar-refractivity contribution is -0.00984. The first-order chi connectivity index (χ1) is 4.20. The molecule has 0 fully saturated rings. The fourth-order valence-corrected chi connectivity index (χ4v) is 0.557. The minimum Gasteiger partial charge on any atom is -0.394 e. The fourth-order valence-electron chi connectivity index (χ4n) is 0.479. The lowest BCUT2D eigenvalue weighted by Crippen LogP contribution is -2.21. The molecule has 0 aromatic heterocycles. The average molecular weight is 149 g/mol. The Balaban J connectivity index is 3.22. The second kappa shape index (κ2) is 5.09. The molecule has 0 bridgehead atoms. The van der Waals surface area contributed by atoms with Gasteiger partial charge in [-0.1, -0.05) is 12.6 Å². The molecule has 3 heteroatoms. The molecule has 0 rings (SSSR count). The van der Waals surface area contributed by atoms with E-state index < -0.39 is 0 Å². The topological polar surface area (TPSA) is 29.5 Å². The lowest BCUT2D eigenvalue weighted by atomic mass is 10.4. The first kappa shape index (κ1) is 9.27. The molecule has 0 spiro atoms. The van der Waals surface area contributed by atoms with Crippen molar-refractivity contribution >= 4 is 12.6 Å². The summed E-state index contributed by atoms with van der Waals surface area (Å²) in [4.78, 5) is 0.